The lowest BCUT2D eigenvalue weighted by Gasteiger charge is -2.11. The summed E-state index contributed by atoms with van der Waals surface area (Å²) < 4.78 is 5.28. The Morgan fingerprint density at radius 1 is 0.958 bits per heavy atom. The highest BCUT2D eigenvalue weighted by molar-refractivity contribution is 5.94. The van der Waals surface area contributed by atoms with E-state index in [4.69, 9.17) is 9.84 Å². The van der Waals surface area contributed by atoms with E-state index in [-0.39, 0.29) is 11.5 Å². The van der Waals surface area contributed by atoms with Gasteiger partial charge in [-0.1, -0.05) is 52.4 Å². The normalized spacial score (nSPS) is 10.6. The molecule has 134 valence electrons. The summed E-state index contributed by atoms with van der Waals surface area (Å²) in [5, 5.41) is 9.16. The Bertz CT molecular complexity index is 522. The second-order valence-electron chi connectivity index (χ2n) is 6.18. The van der Waals surface area contributed by atoms with Crippen LogP contribution in [0.25, 0.3) is 0 Å². The van der Waals surface area contributed by atoms with Crippen molar-refractivity contribution >= 4 is 11.9 Å². The number of esters is 1. The average molecular weight is 334 g/mol. The lowest BCUT2D eigenvalue weighted by Crippen LogP contribution is -2.11. The van der Waals surface area contributed by atoms with Crippen LogP contribution in [0.15, 0.2) is 18.2 Å². The summed E-state index contributed by atoms with van der Waals surface area (Å²) in [5.41, 5.74) is 1.51. The summed E-state index contributed by atoms with van der Waals surface area (Å²) in [6.45, 7) is 4.64. The Morgan fingerprint density at radius 3 is 2.29 bits per heavy atom. The molecule has 1 N–H and O–H groups in total. The van der Waals surface area contributed by atoms with Gasteiger partial charge in [-0.3, -0.25) is 0 Å². The van der Waals surface area contributed by atoms with E-state index < -0.39 is 5.97 Å². The van der Waals surface area contributed by atoms with Crippen molar-refractivity contribution in [2.45, 2.75) is 71.6 Å². The number of aromatic carboxylic acids is 1. The van der Waals surface area contributed by atoms with Crippen LogP contribution in [-0.2, 0) is 11.2 Å². The number of hydrogen-bond donors (Lipinski definition) is 1. The first-order valence-corrected chi connectivity index (χ1v) is 9.13. The van der Waals surface area contributed by atoms with Crippen molar-refractivity contribution in [1.29, 1.82) is 0 Å². The van der Waals surface area contributed by atoms with Crippen molar-refractivity contribution in [3.05, 3.63) is 34.9 Å². The van der Waals surface area contributed by atoms with Crippen LogP contribution in [0, 0.1) is 0 Å². The number of aryl methyl sites for hydroxylation is 1. The molecule has 0 aromatic heterocycles. The Kier molecular flexibility index (Phi) is 9.81. The van der Waals surface area contributed by atoms with Gasteiger partial charge in [-0.05, 0) is 43.0 Å². The molecular formula is C20H30O4. The molecule has 0 saturated heterocycles. The van der Waals surface area contributed by atoms with Crippen LogP contribution in [0.4, 0.5) is 0 Å². The monoisotopic (exact) mass is 334 g/mol. The van der Waals surface area contributed by atoms with Crippen LogP contribution < -0.4 is 0 Å². The first-order chi connectivity index (χ1) is 11.6. The molecule has 0 atom stereocenters. The molecule has 0 bridgehead atoms. The number of carboxylic acid groups (broad SMARTS) is 1. The third-order valence-electron chi connectivity index (χ3n) is 4.10. The van der Waals surface area contributed by atoms with E-state index in [1.165, 1.54) is 31.7 Å². The van der Waals surface area contributed by atoms with Gasteiger partial charge in [0.25, 0.3) is 0 Å². The molecule has 24 heavy (non-hydrogen) atoms. The summed E-state index contributed by atoms with van der Waals surface area (Å²) in [5.74, 6) is -1.31. The van der Waals surface area contributed by atoms with Gasteiger partial charge in [-0.25, -0.2) is 9.59 Å². The first kappa shape index (κ1) is 20.2. The first-order valence-electron chi connectivity index (χ1n) is 9.13. The maximum absolute atomic E-state index is 12.2. The molecule has 0 amide bonds. The molecule has 1 rings (SSSR count). The Morgan fingerprint density at radius 2 is 1.62 bits per heavy atom. The highest BCUT2D eigenvalue weighted by atomic mass is 16.5. The minimum absolute atomic E-state index is 0.223. The van der Waals surface area contributed by atoms with Crippen molar-refractivity contribution in [3.63, 3.8) is 0 Å². The van der Waals surface area contributed by atoms with Gasteiger partial charge in [0, 0.05) is 0 Å². The molecule has 0 aliphatic heterocycles. The lowest BCUT2D eigenvalue weighted by molar-refractivity contribution is 0.0497. The number of benzene rings is 1. The molecular weight excluding hydrogens is 304 g/mol. The Labute approximate surface area is 145 Å². The minimum Gasteiger partial charge on any atom is -0.478 e. The lowest BCUT2D eigenvalue weighted by atomic mass is 9.98. The molecule has 0 radical (unpaired) electrons. The van der Waals surface area contributed by atoms with Gasteiger partial charge in [-0.15, -0.1) is 0 Å². The van der Waals surface area contributed by atoms with Gasteiger partial charge in [-0.2, -0.15) is 0 Å². The fourth-order valence-corrected chi connectivity index (χ4v) is 2.62. The predicted octanol–water partition coefficient (Wildman–Crippen LogP) is 5.24. The predicted molar refractivity (Wildman–Crippen MR) is 95.7 cm³/mol. The number of carbonyl (C=O) groups is 2. The van der Waals surface area contributed by atoms with Crippen molar-refractivity contribution in [1.82, 2.24) is 0 Å². The van der Waals surface area contributed by atoms with Gasteiger partial charge >= 0.3 is 11.9 Å². The maximum atomic E-state index is 12.2. The molecule has 0 aliphatic rings. The maximum Gasteiger partial charge on any atom is 0.338 e. The summed E-state index contributed by atoms with van der Waals surface area (Å²) in [6.07, 6.45) is 9.47. The molecule has 0 unspecified atom stereocenters. The topological polar surface area (TPSA) is 63.6 Å². The van der Waals surface area contributed by atoms with Crippen LogP contribution in [0.2, 0.25) is 0 Å². The molecule has 0 heterocycles. The highest BCUT2D eigenvalue weighted by Crippen LogP contribution is 2.18. The molecule has 0 saturated carbocycles. The van der Waals surface area contributed by atoms with Crippen LogP contribution >= 0.6 is 0 Å². The molecule has 4 heteroatoms. The quantitative estimate of drug-likeness (QED) is 0.419. The van der Waals surface area contributed by atoms with Gasteiger partial charge < -0.3 is 9.84 Å². The zero-order chi connectivity index (χ0) is 17.8. The van der Waals surface area contributed by atoms with E-state index in [9.17, 15) is 9.59 Å². The van der Waals surface area contributed by atoms with E-state index in [1.54, 1.807) is 12.1 Å². The number of carbonyl (C=O) groups excluding carboxylic acids is 1. The fourth-order valence-electron chi connectivity index (χ4n) is 2.62. The van der Waals surface area contributed by atoms with Gasteiger partial charge in [0.15, 0.2) is 0 Å². The SMILES string of the molecule is CCCCCCCCc1cc(C(=O)O)ccc1C(=O)OCCCC. The summed E-state index contributed by atoms with van der Waals surface area (Å²) in [7, 11) is 0. The molecule has 0 spiro atoms. The van der Waals surface area contributed by atoms with E-state index in [2.05, 4.69) is 6.92 Å². The van der Waals surface area contributed by atoms with Crippen molar-refractivity contribution in [2.24, 2.45) is 0 Å². The number of unbranched alkanes of at least 4 members (excludes halogenated alkanes) is 6. The van der Waals surface area contributed by atoms with Crippen molar-refractivity contribution < 1.29 is 19.4 Å². The van der Waals surface area contributed by atoms with Crippen LogP contribution in [0.5, 0.6) is 0 Å². The number of carboxylic acids is 1. The zero-order valence-electron chi connectivity index (χ0n) is 15.0. The molecule has 1 aromatic rings. The summed E-state index contributed by atoms with van der Waals surface area (Å²) in [6, 6.07) is 4.68. The Balaban J connectivity index is 2.71. The summed E-state index contributed by atoms with van der Waals surface area (Å²) >= 11 is 0. The molecule has 1 aromatic carbocycles. The average Bonchev–Trinajstić information content (AvgIpc) is 2.57. The molecule has 0 aliphatic carbocycles. The largest absolute Gasteiger partial charge is 0.478 e. The number of rotatable bonds is 12. The Hall–Kier alpha value is -1.84. The van der Waals surface area contributed by atoms with Gasteiger partial charge in [0.05, 0.1) is 17.7 Å². The third kappa shape index (κ3) is 7.16. The highest BCUT2D eigenvalue weighted by Gasteiger charge is 2.15. The third-order valence-corrected chi connectivity index (χ3v) is 4.10. The van der Waals surface area contributed by atoms with E-state index in [0.29, 0.717) is 18.6 Å². The number of ether oxygens (including phenoxy) is 1. The van der Waals surface area contributed by atoms with Gasteiger partial charge in [0.1, 0.15) is 0 Å². The van der Waals surface area contributed by atoms with Crippen LogP contribution in [0.3, 0.4) is 0 Å². The fraction of sp³-hybridized carbons (Fsp3) is 0.600. The number of hydrogen-bond acceptors (Lipinski definition) is 3. The van der Waals surface area contributed by atoms with E-state index >= 15 is 0 Å². The second kappa shape index (κ2) is 11.7. The van der Waals surface area contributed by atoms with Gasteiger partial charge in [0.2, 0.25) is 0 Å². The molecule has 0 fully saturated rings. The van der Waals surface area contributed by atoms with Crippen LogP contribution in [0.1, 0.15) is 91.5 Å². The van der Waals surface area contributed by atoms with E-state index in [1.807, 2.05) is 6.92 Å². The van der Waals surface area contributed by atoms with Crippen LogP contribution in [-0.4, -0.2) is 23.7 Å². The van der Waals surface area contributed by atoms with Crippen molar-refractivity contribution in [3.8, 4) is 0 Å². The standard InChI is InChI=1S/C20H30O4/c1-3-5-7-8-9-10-11-16-15-17(19(21)22)12-13-18(16)20(23)24-14-6-4-2/h12-13,15H,3-11,14H2,1-2H3,(H,21,22). The zero-order valence-corrected chi connectivity index (χ0v) is 15.0. The van der Waals surface area contributed by atoms with E-state index in [0.717, 1.165) is 31.2 Å². The summed E-state index contributed by atoms with van der Waals surface area (Å²) in [4.78, 5) is 23.4. The molecule has 4 nitrogen and oxygen atoms in total. The smallest absolute Gasteiger partial charge is 0.338 e. The minimum atomic E-state index is -0.968. The van der Waals surface area contributed by atoms with Crippen molar-refractivity contribution in [2.75, 3.05) is 6.61 Å². The second-order valence-corrected chi connectivity index (χ2v) is 6.18.